The Morgan fingerprint density at radius 2 is 1.25 bits per heavy atom. The minimum atomic E-state index is -2.70. The van der Waals surface area contributed by atoms with Crippen molar-refractivity contribution >= 4 is 45.9 Å². The van der Waals surface area contributed by atoms with Crippen LogP contribution in [0.3, 0.4) is 0 Å². The summed E-state index contributed by atoms with van der Waals surface area (Å²) in [7, 11) is -0.503. The zero-order valence-corrected chi connectivity index (χ0v) is 32.0. The second kappa shape index (κ2) is 13.0. The Hall–Kier alpha value is -5.85. The summed E-state index contributed by atoms with van der Waals surface area (Å²) >= 11 is 0. The molecule has 6 aromatic carbocycles. The first kappa shape index (κ1) is 33.0. The van der Waals surface area contributed by atoms with E-state index in [0.29, 0.717) is 11.8 Å². The minimum Gasteiger partial charge on any atom is -0.457 e. The largest absolute Gasteiger partial charge is 0.457 e. The molecule has 0 fully saturated rings. The summed E-state index contributed by atoms with van der Waals surface area (Å²) in [6.07, 6.45) is 4.00. The van der Waals surface area contributed by atoms with E-state index in [2.05, 4.69) is 189 Å². The van der Waals surface area contributed by atoms with Crippen LogP contribution in [0.2, 0.25) is 0 Å². The molecule has 0 bridgehead atoms. The van der Waals surface area contributed by atoms with Gasteiger partial charge >= 0.3 is 0 Å². The van der Waals surface area contributed by atoms with Crippen molar-refractivity contribution in [1.82, 2.24) is 9.55 Å². The van der Waals surface area contributed by atoms with Crippen LogP contribution in [0, 0.1) is 0 Å². The lowest BCUT2D eigenvalue weighted by Crippen LogP contribution is -2.77. The summed E-state index contributed by atoms with van der Waals surface area (Å²) < 4.78 is 9.06. The normalized spacial score (nSPS) is 14.1. The number of hydrogen-bond acceptors (Lipinski definition) is 4. The van der Waals surface area contributed by atoms with Crippen molar-refractivity contribution in [2.75, 3.05) is 23.5 Å². The number of rotatable bonds is 8. The summed E-state index contributed by atoms with van der Waals surface area (Å²) in [5.41, 5.74) is 8.68. The smallest absolute Gasteiger partial charge is 0.184 e. The molecule has 5 nitrogen and oxygen atoms in total. The van der Waals surface area contributed by atoms with Gasteiger partial charge in [0, 0.05) is 36.8 Å². The van der Waals surface area contributed by atoms with E-state index in [0.717, 1.165) is 29.6 Å². The van der Waals surface area contributed by atoms with Crippen molar-refractivity contribution < 1.29 is 4.74 Å². The van der Waals surface area contributed by atoms with E-state index in [1.54, 1.807) is 0 Å². The molecule has 0 spiro atoms. The number of imidazole rings is 1. The Balaban J connectivity index is 1.16. The van der Waals surface area contributed by atoms with Gasteiger partial charge in [-0.25, -0.2) is 4.98 Å². The van der Waals surface area contributed by atoms with Crippen LogP contribution in [0.4, 0.5) is 17.1 Å². The molecule has 6 heteroatoms. The third-order valence-electron chi connectivity index (χ3n) is 11.1. The van der Waals surface area contributed by atoms with Gasteiger partial charge in [-0.05, 0) is 68.0 Å². The van der Waals surface area contributed by atoms with Crippen molar-refractivity contribution in [1.29, 1.82) is 0 Å². The molecule has 2 aliphatic rings. The first-order chi connectivity index (χ1) is 25.9. The number of aromatic nitrogens is 2. The number of benzene rings is 6. The Morgan fingerprint density at radius 1 is 0.604 bits per heavy atom. The highest BCUT2D eigenvalue weighted by Gasteiger charge is 2.51. The molecule has 0 radical (unpaired) electrons. The number of hydrogen-bond donors (Lipinski definition) is 0. The summed E-state index contributed by atoms with van der Waals surface area (Å²) in [5, 5.41) is 5.57. The maximum Gasteiger partial charge on any atom is 0.184 e. The number of para-hydroxylation sites is 2. The van der Waals surface area contributed by atoms with Gasteiger partial charge in [-0.1, -0.05) is 137 Å². The maximum atomic E-state index is 6.80. The second-order valence-corrected chi connectivity index (χ2v) is 18.7. The Bertz CT molecular complexity index is 2390. The predicted molar refractivity (Wildman–Crippen MR) is 223 cm³/mol. The molecule has 3 heterocycles. The molecule has 0 N–H and O–H groups in total. The maximum absolute atomic E-state index is 6.80. The summed E-state index contributed by atoms with van der Waals surface area (Å²) in [6.45, 7) is 9.83. The lowest BCUT2D eigenvalue weighted by Gasteiger charge is -2.43. The van der Waals surface area contributed by atoms with Crippen molar-refractivity contribution in [2.24, 2.45) is 0 Å². The van der Waals surface area contributed by atoms with Crippen LogP contribution in [0.25, 0.3) is 17.1 Å². The monoisotopic (exact) mass is 708 g/mol. The van der Waals surface area contributed by atoms with E-state index in [1.165, 1.54) is 54.6 Å². The van der Waals surface area contributed by atoms with Gasteiger partial charge in [0.05, 0.1) is 23.7 Å². The fourth-order valence-corrected chi connectivity index (χ4v) is 13.9. The highest BCUT2D eigenvalue weighted by Crippen LogP contribution is 2.44. The van der Waals surface area contributed by atoms with Crippen LogP contribution in [-0.4, -0.2) is 31.3 Å². The number of anilines is 3. The van der Waals surface area contributed by atoms with Crippen molar-refractivity contribution in [3.8, 4) is 28.6 Å². The first-order valence-electron chi connectivity index (χ1n) is 18.7. The molecule has 7 aromatic rings. The molecule has 1 aromatic heterocycles. The van der Waals surface area contributed by atoms with Crippen LogP contribution in [-0.2, 0) is 0 Å². The summed E-state index contributed by atoms with van der Waals surface area (Å²) in [4.78, 5) is 9.76. The molecule has 53 heavy (non-hydrogen) atoms. The number of nitrogens with zero attached hydrogens (tertiary/aromatic N) is 4. The second-order valence-electron chi connectivity index (χ2n) is 14.9. The fraction of sp³-hybridized carbons (Fsp3) is 0.170. The molecule has 0 aliphatic carbocycles. The third-order valence-corrected chi connectivity index (χ3v) is 15.9. The number of ether oxygens (including phenoxy) is 1. The Labute approximate surface area is 313 Å². The van der Waals surface area contributed by atoms with Crippen molar-refractivity contribution in [3.63, 3.8) is 0 Å². The van der Waals surface area contributed by atoms with Crippen molar-refractivity contribution in [3.05, 3.63) is 163 Å². The average molecular weight is 709 g/mol. The van der Waals surface area contributed by atoms with E-state index in [9.17, 15) is 0 Å². The molecular weight excluding hydrogens is 665 g/mol. The van der Waals surface area contributed by atoms with Crippen molar-refractivity contribution in [2.45, 2.75) is 39.5 Å². The van der Waals surface area contributed by atoms with Gasteiger partial charge in [-0.2, -0.15) is 0 Å². The third kappa shape index (κ3) is 5.23. The zero-order valence-electron chi connectivity index (χ0n) is 31.0. The van der Waals surface area contributed by atoms with Gasteiger partial charge in [0.1, 0.15) is 17.3 Å². The van der Waals surface area contributed by atoms with Crippen LogP contribution < -0.4 is 35.3 Å². The van der Waals surface area contributed by atoms with Crippen LogP contribution in [0.15, 0.2) is 152 Å². The lowest BCUT2D eigenvalue weighted by atomic mass is 9.92. The first-order valence-corrected chi connectivity index (χ1v) is 20.7. The molecule has 0 atom stereocenters. The van der Waals surface area contributed by atoms with Gasteiger partial charge in [0.2, 0.25) is 0 Å². The molecule has 262 valence electrons. The van der Waals surface area contributed by atoms with Crippen LogP contribution in [0.1, 0.15) is 50.7 Å². The molecule has 0 unspecified atom stereocenters. The van der Waals surface area contributed by atoms with E-state index in [1.807, 2.05) is 12.3 Å². The topological polar surface area (TPSA) is 33.5 Å². The Morgan fingerprint density at radius 3 is 1.92 bits per heavy atom. The zero-order chi connectivity index (χ0) is 36.3. The van der Waals surface area contributed by atoms with E-state index in [4.69, 9.17) is 9.72 Å². The molecular formula is C47H44N4OSi. The van der Waals surface area contributed by atoms with E-state index < -0.39 is 8.07 Å². The SMILES string of the molecule is CC(C)c1cccc(C(C)C)c1-n1ccnc1-c1cccc(Oc2ccc3c(c2)N2CN(C)c4cccc(c42)[Si]3(c2ccccc2)c2ccccc2)c1. The minimum absolute atomic E-state index is 0.377. The highest BCUT2D eigenvalue weighted by atomic mass is 28.3. The quantitative estimate of drug-likeness (QED) is 0.148. The fourth-order valence-electron chi connectivity index (χ4n) is 8.73. The van der Waals surface area contributed by atoms with E-state index >= 15 is 0 Å². The number of fused-ring (bicyclic) bond motifs is 2. The van der Waals surface area contributed by atoms with Crippen LogP contribution >= 0.6 is 0 Å². The summed E-state index contributed by atoms with van der Waals surface area (Å²) in [6, 6.07) is 51.1. The van der Waals surface area contributed by atoms with Gasteiger partial charge in [-0.15, -0.1) is 0 Å². The average Bonchev–Trinajstić information content (AvgIpc) is 3.81. The summed E-state index contributed by atoms with van der Waals surface area (Å²) in [5.74, 6) is 3.25. The Kier molecular flexibility index (Phi) is 8.08. The van der Waals surface area contributed by atoms with Crippen LogP contribution in [0.5, 0.6) is 11.5 Å². The molecule has 0 saturated heterocycles. The van der Waals surface area contributed by atoms with Gasteiger partial charge in [0.15, 0.2) is 8.07 Å². The van der Waals surface area contributed by atoms with E-state index in [-0.39, 0.29) is 0 Å². The lowest BCUT2D eigenvalue weighted by molar-refractivity contribution is 0.483. The molecule has 0 saturated carbocycles. The van der Waals surface area contributed by atoms with Gasteiger partial charge in [-0.3, -0.25) is 4.57 Å². The highest BCUT2D eigenvalue weighted by molar-refractivity contribution is 7.21. The standard InChI is InChI=1S/C47H44N4OSi/c1-32(2)39-21-13-22-40(33(3)4)45(39)50-28-27-48-47(50)34-15-12-16-35(29-34)52-36-25-26-43-42(30-36)51-31-49(5)41-23-14-24-44(46(41)51)53(43,37-17-8-6-9-18-37)38-19-10-7-11-20-38/h6-30,32-33H,31H2,1-5H3. The molecule has 0 amide bonds. The van der Waals surface area contributed by atoms with Gasteiger partial charge < -0.3 is 14.5 Å². The molecule has 2 aliphatic heterocycles. The van der Waals surface area contributed by atoms with Gasteiger partial charge in [0.25, 0.3) is 0 Å². The predicted octanol–water partition coefficient (Wildman–Crippen LogP) is 8.81. The molecule has 9 rings (SSSR count).